The molecule has 1 rings (SSSR count). The van der Waals surface area contributed by atoms with Crippen LogP contribution >= 0.6 is 11.8 Å². The lowest BCUT2D eigenvalue weighted by Crippen LogP contribution is -2.21. The number of alkyl halides is 1. The topological polar surface area (TPSA) is 62.1 Å². The van der Waals surface area contributed by atoms with E-state index in [4.69, 9.17) is 9.47 Å². The minimum atomic E-state index is -0.385. The molecule has 0 unspecified atom stereocenters. The van der Waals surface area contributed by atoms with Gasteiger partial charge in [0.05, 0.1) is 13.2 Å². The van der Waals surface area contributed by atoms with Crippen LogP contribution in [0.5, 0.6) is 0 Å². The maximum atomic E-state index is 11.9. The van der Waals surface area contributed by atoms with E-state index < -0.39 is 0 Å². The molecule has 1 aromatic rings. The van der Waals surface area contributed by atoms with Crippen molar-refractivity contribution in [2.75, 3.05) is 26.6 Å². The Morgan fingerprint density at radius 2 is 2.19 bits per heavy atom. The highest BCUT2D eigenvalue weighted by Gasteiger charge is 2.12. The van der Waals surface area contributed by atoms with E-state index in [1.165, 1.54) is 11.8 Å². The Morgan fingerprint density at radius 3 is 2.81 bits per heavy atom. The third-order valence-corrected chi connectivity index (χ3v) is 2.90. The molecule has 8 heteroatoms. The molecule has 6 nitrogen and oxygen atoms in total. The second-order valence-electron chi connectivity index (χ2n) is 2.94. The van der Waals surface area contributed by atoms with Crippen LogP contribution in [0.4, 0.5) is 4.39 Å². The minimum absolute atomic E-state index is 0.326. The fraction of sp³-hybridized carbons (Fsp3) is 0.875. The fourth-order valence-electron chi connectivity index (χ4n) is 1.02. The molecule has 0 N–H and O–H groups in total. The zero-order valence-electron chi connectivity index (χ0n) is 9.30. The summed E-state index contributed by atoms with van der Waals surface area (Å²) in [6.45, 7) is 0.0886. The fourth-order valence-corrected chi connectivity index (χ4v) is 1.81. The Balaban J connectivity index is 2.49. The van der Waals surface area contributed by atoms with Crippen molar-refractivity contribution in [3.63, 3.8) is 0 Å². The van der Waals surface area contributed by atoms with E-state index >= 15 is 0 Å². The van der Waals surface area contributed by atoms with Gasteiger partial charge in [0.2, 0.25) is 5.16 Å². The SMILES string of the molecule is COC(Cn1nnnc1SCCCF)OC. The largest absolute Gasteiger partial charge is 0.354 e. The summed E-state index contributed by atoms with van der Waals surface area (Å²) < 4.78 is 23.6. The Bertz CT molecular complexity index is 295. The first-order chi connectivity index (χ1) is 7.81. The summed E-state index contributed by atoms with van der Waals surface area (Å²) in [6, 6.07) is 0. The van der Waals surface area contributed by atoms with Crippen LogP contribution in [-0.2, 0) is 16.0 Å². The van der Waals surface area contributed by atoms with E-state index in [2.05, 4.69) is 15.5 Å². The molecule has 1 aromatic heterocycles. The van der Waals surface area contributed by atoms with Crippen LogP contribution in [0.2, 0.25) is 0 Å². The van der Waals surface area contributed by atoms with Crippen molar-refractivity contribution in [2.24, 2.45) is 0 Å². The van der Waals surface area contributed by atoms with Crippen LogP contribution in [0.3, 0.4) is 0 Å². The smallest absolute Gasteiger partial charge is 0.209 e. The van der Waals surface area contributed by atoms with Gasteiger partial charge in [0, 0.05) is 20.0 Å². The molecule has 0 aliphatic rings. The summed E-state index contributed by atoms with van der Waals surface area (Å²) in [6.07, 6.45) is 0.110. The van der Waals surface area contributed by atoms with Gasteiger partial charge in [0.25, 0.3) is 0 Å². The molecule has 0 aliphatic heterocycles. The average Bonchev–Trinajstić information content (AvgIpc) is 2.74. The monoisotopic (exact) mass is 250 g/mol. The Kier molecular flexibility index (Phi) is 6.27. The van der Waals surface area contributed by atoms with Gasteiger partial charge in [-0.25, -0.2) is 4.68 Å². The van der Waals surface area contributed by atoms with Crippen molar-refractivity contribution in [3.05, 3.63) is 0 Å². The highest BCUT2D eigenvalue weighted by molar-refractivity contribution is 7.99. The third kappa shape index (κ3) is 4.03. The first kappa shape index (κ1) is 13.3. The number of methoxy groups -OCH3 is 2. The summed E-state index contributed by atoms with van der Waals surface area (Å²) in [5.74, 6) is 0.654. The van der Waals surface area contributed by atoms with Gasteiger partial charge in [-0.15, -0.1) is 5.10 Å². The number of nitrogens with zero attached hydrogens (tertiary/aromatic N) is 4. The van der Waals surface area contributed by atoms with Gasteiger partial charge in [-0.1, -0.05) is 11.8 Å². The van der Waals surface area contributed by atoms with E-state index in [-0.39, 0.29) is 13.0 Å². The molecule has 0 saturated heterocycles. The number of rotatable bonds is 8. The summed E-state index contributed by atoms with van der Waals surface area (Å²) in [5.41, 5.74) is 0. The van der Waals surface area contributed by atoms with Crippen molar-refractivity contribution < 1.29 is 13.9 Å². The number of ether oxygens (including phenoxy) is 2. The lowest BCUT2D eigenvalue weighted by atomic mass is 10.6. The highest BCUT2D eigenvalue weighted by atomic mass is 32.2. The molecule has 0 spiro atoms. The summed E-state index contributed by atoms with van der Waals surface area (Å²) in [5, 5.41) is 11.9. The summed E-state index contributed by atoms with van der Waals surface area (Å²) in [4.78, 5) is 0. The van der Waals surface area contributed by atoms with Crippen molar-refractivity contribution in [2.45, 2.75) is 24.4 Å². The predicted octanol–water partition coefficient (Wildman–Crippen LogP) is 0.744. The second kappa shape index (κ2) is 7.53. The van der Waals surface area contributed by atoms with Gasteiger partial charge < -0.3 is 9.47 Å². The predicted molar refractivity (Wildman–Crippen MR) is 56.9 cm³/mol. The van der Waals surface area contributed by atoms with Crippen molar-refractivity contribution in [3.8, 4) is 0 Å². The molecule has 0 fully saturated rings. The summed E-state index contributed by atoms with van der Waals surface area (Å²) >= 11 is 1.42. The molecule has 0 saturated carbocycles. The molecule has 0 bridgehead atoms. The van der Waals surface area contributed by atoms with E-state index in [9.17, 15) is 4.39 Å². The zero-order valence-corrected chi connectivity index (χ0v) is 10.1. The molecule has 16 heavy (non-hydrogen) atoms. The molecule has 0 amide bonds. The van der Waals surface area contributed by atoms with Crippen LogP contribution < -0.4 is 0 Å². The lowest BCUT2D eigenvalue weighted by Gasteiger charge is -2.13. The number of hydrogen-bond acceptors (Lipinski definition) is 6. The van der Waals surface area contributed by atoms with Crippen LogP contribution in [0, 0.1) is 0 Å². The maximum absolute atomic E-state index is 11.9. The third-order valence-electron chi connectivity index (χ3n) is 1.86. The second-order valence-corrected chi connectivity index (χ2v) is 4.00. The highest BCUT2D eigenvalue weighted by Crippen LogP contribution is 2.15. The quantitative estimate of drug-likeness (QED) is 0.385. The number of tetrazole rings is 1. The van der Waals surface area contributed by atoms with Gasteiger partial charge in [-0.05, 0) is 16.8 Å². The van der Waals surface area contributed by atoms with Crippen LogP contribution in [0.1, 0.15) is 6.42 Å². The van der Waals surface area contributed by atoms with Crippen molar-refractivity contribution in [1.29, 1.82) is 0 Å². The molecular formula is C8H15FN4O2S. The number of aromatic nitrogens is 4. The first-order valence-electron chi connectivity index (χ1n) is 4.82. The van der Waals surface area contributed by atoms with Crippen molar-refractivity contribution >= 4 is 11.8 Å². The van der Waals surface area contributed by atoms with E-state index in [1.807, 2.05) is 0 Å². The Labute approximate surface area is 97.5 Å². The van der Waals surface area contributed by atoms with Gasteiger partial charge in [0.15, 0.2) is 6.29 Å². The first-order valence-corrected chi connectivity index (χ1v) is 5.81. The summed E-state index contributed by atoms with van der Waals surface area (Å²) in [7, 11) is 3.10. The van der Waals surface area contributed by atoms with Gasteiger partial charge >= 0.3 is 0 Å². The Morgan fingerprint density at radius 1 is 1.44 bits per heavy atom. The van der Waals surface area contributed by atoms with E-state index in [0.717, 1.165) is 0 Å². The minimum Gasteiger partial charge on any atom is -0.354 e. The van der Waals surface area contributed by atoms with Crippen LogP contribution in [-0.4, -0.2) is 53.1 Å². The van der Waals surface area contributed by atoms with Gasteiger partial charge in [-0.3, -0.25) is 4.39 Å². The molecular weight excluding hydrogens is 235 g/mol. The molecule has 0 aliphatic carbocycles. The molecule has 0 radical (unpaired) electrons. The molecule has 92 valence electrons. The standard InChI is InChI=1S/C8H15FN4O2S/c1-14-7(15-2)6-13-8(10-11-12-13)16-5-3-4-9/h7H,3-6H2,1-2H3. The average molecular weight is 250 g/mol. The maximum Gasteiger partial charge on any atom is 0.209 e. The number of hydrogen-bond donors (Lipinski definition) is 0. The van der Waals surface area contributed by atoms with Gasteiger partial charge in [0.1, 0.15) is 0 Å². The molecule has 0 atom stereocenters. The van der Waals surface area contributed by atoms with Crippen LogP contribution in [0.25, 0.3) is 0 Å². The number of halogens is 1. The zero-order chi connectivity index (χ0) is 11.8. The van der Waals surface area contributed by atoms with E-state index in [1.54, 1.807) is 18.9 Å². The van der Waals surface area contributed by atoms with Crippen LogP contribution in [0.15, 0.2) is 5.16 Å². The normalized spacial score (nSPS) is 11.2. The van der Waals surface area contributed by atoms with E-state index in [0.29, 0.717) is 23.9 Å². The number of thioether (sulfide) groups is 1. The van der Waals surface area contributed by atoms with Gasteiger partial charge in [-0.2, -0.15) is 0 Å². The lowest BCUT2D eigenvalue weighted by molar-refractivity contribution is -0.113. The molecule has 0 aromatic carbocycles. The Hall–Kier alpha value is -0.730. The van der Waals surface area contributed by atoms with Crippen molar-refractivity contribution in [1.82, 2.24) is 20.2 Å². The molecule has 1 heterocycles.